The maximum Gasteiger partial charge on any atom is 0.314 e. The number of hydrogen-bond donors (Lipinski definition) is 3. The van der Waals surface area contributed by atoms with Gasteiger partial charge in [-0.3, -0.25) is 9.59 Å². The molecule has 3 aliphatic heterocycles. The Morgan fingerprint density at radius 3 is 2.48 bits per heavy atom. The number of hydrogen-bond acceptors (Lipinski definition) is 10. The van der Waals surface area contributed by atoms with Crippen molar-refractivity contribution in [2.75, 3.05) is 6.61 Å². The Bertz CT molecular complexity index is 1360. The zero-order valence-corrected chi connectivity index (χ0v) is 22.8. The van der Waals surface area contributed by atoms with Gasteiger partial charge in [0.05, 0.1) is 12.2 Å². The molecule has 1 aromatic rings. The summed E-state index contributed by atoms with van der Waals surface area (Å²) in [4.78, 5) is 26.6. The van der Waals surface area contributed by atoms with E-state index in [-0.39, 0.29) is 12.0 Å². The molecule has 3 heterocycles. The number of aliphatic hydroxyl groups is 3. The van der Waals surface area contributed by atoms with Crippen LogP contribution < -0.4 is 0 Å². The average Bonchev–Trinajstić information content (AvgIpc) is 3.57. The van der Waals surface area contributed by atoms with Crippen LogP contribution in [0.5, 0.6) is 0 Å². The molecule has 3 aliphatic carbocycles. The molecule has 3 saturated heterocycles. The van der Waals surface area contributed by atoms with Gasteiger partial charge >= 0.3 is 11.9 Å². The minimum Gasteiger partial charge on any atom is -0.458 e. The summed E-state index contributed by atoms with van der Waals surface area (Å²) in [5.41, 5.74) is -5.64. The van der Waals surface area contributed by atoms with E-state index in [0.29, 0.717) is 11.1 Å². The number of aliphatic hydroxyl groups excluding tert-OH is 2. The third-order valence-electron chi connectivity index (χ3n) is 10.4. The molecule has 3 bridgehead atoms. The molecule has 40 heavy (non-hydrogen) atoms. The molecule has 0 amide bonds. The normalized spacial score (nSPS) is 51.3. The largest absolute Gasteiger partial charge is 0.458 e. The third-order valence-corrected chi connectivity index (χ3v) is 10.4. The second-order valence-corrected chi connectivity index (χ2v) is 12.2. The lowest BCUT2D eigenvalue weighted by molar-refractivity contribution is -0.440. The van der Waals surface area contributed by atoms with Crippen molar-refractivity contribution >= 4 is 11.8 Å². The fourth-order valence-electron chi connectivity index (χ4n) is 8.53. The highest BCUT2D eigenvalue weighted by Gasteiger charge is 2.90. The molecule has 1 aromatic carbocycles. The number of ketones is 1. The summed E-state index contributed by atoms with van der Waals surface area (Å²) >= 11 is 0. The van der Waals surface area contributed by atoms with Crippen LogP contribution >= 0.6 is 0 Å². The van der Waals surface area contributed by atoms with Gasteiger partial charge in [-0.1, -0.05) is 56.8 Å². The molecule has 10 heteroatoms. The van der Waals surface area contributed by atoms with E-state index in [1.54, 1.807) is 39.0 Å². The molecule has 2 saturated carbocycles. The molecule has 7 rings (SSSR count). The highest BCUT2D eigenvalue weighted by molar-refractivity contribution is 6.05. The average molecular weight is 555 g/mol. The smallest absolute Gasteiger partial charge is 0.314 e. The molecule has 3 N–H and O–H groups in total. The fraction of sp³-hybridized carbons (Fsp3) is 0.600. The van der Waals surface area contributed by atoms with E-state index >= 15 is 0 Å². The van der Waals surface area contributed by atoms with E-state index in [0.717, 1.165) is 0 Å². The van der Waals surface area contributed by atoms with E-state index in [4.69, 9.17) is 23.7 Å². The summed E-state index contributed by atoms with van der Waals surface area (Å²) in [6.07, 6.45) is -2.79. The molecule has 6 aliphatic rings. The lowest BCUT2D eigenvalue weighted by atomic mass is 9.53. The number of fused-ring (bicyclic) bond motifs is 3. The van der Waals surface area contributed by atoms with Crippen LogP contribution in [0, 0.1) is 17.8 Å². The minimum atomic E-state index is -2.39. The van der Waals surface area contributed by atoms with Crippen LogP contribution in [0.15, 0.2) is 54.1 Å². The van der Waals surface area contributed by atoms with E-state index in [9.17, 15) is 24.9 Å². The molecular formula is C30H34O10. The predicted octanol–water partition coefficient (Wildman–Crippen LogP) is 1.26. The van der Waals surface area contributed by atoms with Gasteiger partial charge in [0.15, 0.2) is 17.0 Å². The number of carbonyl (C=O) groups is 2. The zero-order chi connectivity index (χ0) is 28.6. The number of benzene rings is 1. The van der Waals surface area contributed by atoms with Crippen molar-refractivity contribution in [3.05, 3.63) is 59.7 Å². The van der Waals surface area contributed by atoms with Crippen molar-refractivity contribution in [2.45, 2.75) is 86.9 Å². The minimum absolute atomic E-state index is 0.102. The van der Waals surface area contributed by atoms with Crippen LogP contribution in [0.4, 0.5) is 0 Å². The van der Waals surface area contributed by atoms with Crippen LogP contribution in [-0.4, -0.2) is 80.5 Å². The Morgan fingerprint density at radius 1 is 1.15 bits per heavy atom. The van der Waals surface area contributed by atoms with Gasteiger partial charge in [0, 0.05) is 29.7 Å². The van der Waals surface area contributed by atoms with Gasteiger partial charge < -0.3 is 39.0 Å². The van der Waals surface area contributed by atoms with Gasteiger partial charge in [0.2, 0.25) is 0 Å². The number of epoxide rings is 1. The van der Waals surface area contributed by atoms with Gasteiger partial charge in [-0.2, -0.15) is 0 Å². The summed E-state index contributed by atoms with van der Waals surface area (Å²) < 4.78 is 32.8. The Balaban J connectivity index is 1.56. The summed E-state index contributed by atoms with van der Waals surface area (Å²) in [5, 5.41) is 34.5. The number of rotatable bonds is 5. The van der Waals surface area contributed by atoms with Crippen LogP contribution in [0.3, 0.4) is 0 Å². The molecular weight excluding hydrogens is 520 g/mol. The molecule has 0 radical (unpaired) electrons. The number of Topliss-reactive ketones (excluding diaryl/α,β-unsaturated/α-hetero) is 1. The van der Waals surface area contributed by atoms with E-state index in [1.165, 1.54) is 0 Å². The number of esters is 1. The summed E-state index contributed by atoms with van der Waals surface area (Å²) in [6, 6.07) is 9.02. The highest BCUT2D eigenvalue weighted by Crippen LogP contribution is 2.74. The fourth-order valence-corrected chi connectivity index (χ4v) is 8.53. The van der Waals surface area contributed by atoms with Crippen molar-refractivity contribution < 1.29 is 48.6 Å². The lowest BCUT2D eigenvalue weighted by Gasteiger charge is -2.61. The van der Waals surface area contributed by atoms with Crippen LogP contribution in [0.1, 0.15) is 39.7 Å². The standard InChI is InChI=1S/C30H34O10/c1-6-19(32)36-22-16(5)29-18-12-15(4)21(33)27(18,35)25(34)26(13-31)23(37-26)20(29)24-28(22,14(2)3)39-30(38-24,40-29)17-10-8-7-9-11-17/h7-12,16,18,20,22-25,31,34-35H,2,6,13H2,1,3-5H3/t16-,18-,20+,22-,23+,24-,25-,26+,27-,28+,29+,30+/m0/s1. The monoisotopic (exact) mass is 554 g/mol. The van der Waals surface area contributed by atoms with Gasteiger partial charge in [-0.25, -0.2) is 0 Å². The van der Waals surface area contributed by atoms with E-state index < -0.39 is 88.9 Å². The van der Waals surface area contributed by atoms with Gasteiger partial charge in [-0.15, -0.1) is 0 Å². The Morgan fingerprint density at radius 2 is 1.85 bits per heavy atom. The maximum atomic E-state index is 13.7. The van der Waals surface area contributed by atoms with E-state index in [1.807, 2.05) is 25.1 Å². The zero-order valence-electron chi connectivity index (χ0n) is 22.8. The number of ether oxygens (including phenoxy) is 5. The molecule has 0 spiro atoms. The van der Waals surface area contributed by atoms with Crippen molar-refractivity contribution in [1.82, 2.24) is 0 Å². The Kier molecular flexibility index (Phi) is 5.22. The molecule has 5 fully saturated rings. The number of carbonyl (C=O) groups excluding carboxylic acids is 2. The predicted molar refractivity (Wildman–Crippen MR) is 136 cm³/mol. The molecule has 0 aromatic heterocycles. The second-order valence-electron chi connectivity index (χ2n) is 12.2. The molecule has 12 atom stereocenters. The van der Waals surface area contributed by atoms with Crippen LogP contribution in [0.2, 0.25) is 0 Å². The van der Waals surface area contributed by atoms with Gasteiger partial charge in [0.1, 0.15) is 30.0 Å². The van der Waals surface area contributed by atoms with Crippen LogP contribution in [-0.2, 0) is 39.2 Å². The first-order valence-corrected chi connectivity index (χ1v) is 13.8. The highest BCUT2D eigenvalue weighted by atomic mass is 16.9. The Labute approximate surface area is 231 Å². The molecule has 10 nitrogen and oxygen atoms in total. The van der Waals surface area contributed by atoms with Gasteiger partial charge in [0.25, 0.3) is 0 Å². The summed E-state index contributed by atoms with van der Waals surface area (Å²) in [5.74, 6) is -5.55. The maximum absolute atomic E-state index is 13.7. The first-order valence-electron chi connectivity index (χ1n) is 13.8. The molecule has 0 unspecified atom stereocenters. The third kappa shape index (κ3) is 2.65. The quantitative estimate of drug-likeness (QED) is 0.276. The van der Waals surface area contributed by atoms with Crippen molar-refractivity contribution in [1.29, 1.82) is 0 Å². The first-order chi connectivity index (χ1) is 18.9. The lowest BCUT2D eigenvalue weighted by Crippen LogP contribution is -2.76. The SMILES string of the molecule is C=C(C)[C@]12O[C@@]3(c4ccccc4)O[C@H]1[C@H]1[C@H]4O[C@@]4(CO)[C@H](O)[C@@]4(O)C(=O)C(C)=C[C@@H]4[C@]1(O3)[C@@H](C)[C@@H]2OC(=O)CC. The van der Waals surface area contributed by atoms with Crippen molar-refractivity contribution in [2.24, 2.45) is 17.8 Å². The van der Waals surface area contributed by atoms with Crippen molar-refractivity contribution in [3.8, 4) is 0 Å². The molecule has 214 valence electrons. The van der Waals surface area contributed by atoms with Crippen molar-refractivity contribution in [3.63, 3.8) is 0 Å². The summed E-state index contributed by atoms with van der Waals surface area (Å²) in [7, 11) is 0. The van der Waals surface area contributed by atoms with Crippen LogP contribution in [0.25, 0.3) is 0 Å². The topological polar surface area (TPSA) is 144 Å². The second kappa shape index (κ2) is 7.89. The first kappa shape index (κ1) is 26.5. The summed E-state index contributed by atoms with van der Waals surface area (Å²) in [6.45, 7) is 10.5. The van der Waals surface area contributed by atoms with E-state index in [2.05, 4.69) is 6.58 Å². The van der Waals surface area contributed by atoms with Gasteiger partial charge in [-0.05, 0) is 25.0 Å². The Hall–Kier alpha value is -2.44.